The van der Waals surface area contributed by atoms with Gasteiger partial charge in [-0.25, -0.2) is 0 Å². The van der Waals surface area contributed by atoms with Crippen LogP contribution in [-0.4, -0.2) is 30.0 Å². The minimum atomic E-state index is -0.0120. The van der Waals surface area contributed by atoms with E-state index in [0.717, 1.165) is 24.8 Å². The fourth-order valence-electron chi connectivity index (χ4n) is 2.44. The normalized spacial score (nSPS) is 17.2. The maximum absolute atomic E-state index is 12.3. The Kier molecular flexibility index (Phi) is 7.63. The number of amides is 1. The highest BCUT2D eigenvalue weighted by molar-refractivity contribution is 8.16. The van der Waals surface area contributed by atoms with E-state index < -0.39 is 0 Å². The molecule has 0 bridgehead atoms. The molecule has 5 heteroatoms. The number of thioether (sulfide) groups is 2. The van der Waals surface area contributed by atoms with Gasteiger partial charge in [0.1, 0.15) is 0 Å². The summed E-state index contributed by atoms with van der Waals surface area (Å²) in [7, 11) is 0. The summed E-state index contributed by atoms with van der Waals surface area (Å²) < 4.78 is 0.521. The number of hydrogen-bond donors (Lipinski definition) is 2. The van der Waals surface area contributed by atoms with Gasteiger partial charge < -0.3 is 11.1 Å². The van der Waals surface area contributed by atoms with Gasteiger partial charge in [-0.1, -0.05) is 31.9 Å². The quantitative estimate of drug-likeness (QED) is 0.794. The number of carbonyl (C=O) groups is 1. The topological polar surface area (TPSA) is 55.1 Å². The molecule has 0 spiro atoms. The van der Waals surface area contributed by atoms with Gasteiger partial charge in [-0.05, 0) is 42.0 Å². The first kappa shape index (κ1) is 17.7. The molecule has 3 N–H and O–H groups in total. The number of hydrogen-bond acceptors (Lipinski definition) is 4. The Bertz CT molecular complexity index is 458. The molecule has 1 atom stereocenters. The smallest absolute Gasteiger partial charge is 0.251 e. The predicted octanol–water partition coefficient (Wildman–Crippen LogP) is 3.80. The lowest BCUT2D eigenvalue weighted by atomic mass is 10.1. The molecule has 2 rings (SSSR count). The Hall–Kier alpha value is -0.650. The fraction of sp³-hybridized carbons (Fsp3) is 0.588. The van der Waals surface area contributed by atoms with E-state index >= 15 is 0 Å². The van der Waals surface area contributed by atoms with Gasteiger partial charge in [0.2, 0.25) is 0 Å². The Morgan fingerprint density at radius 2 is 2.00 bits per heavy atom. The van der Waals surface area contributed by atoms with Crippen molar-refractivity contribution in [2.45, 2.75) is 43.2 Å². The van der Waals surface area contributed by atoms with E-state index in [1.165, 1.54) is 23.5 Å². The molecule has 0 radical (unpaired) electrons. The number of nitrogens with one attached hydrogen (secondary N) is 1. The van der Waals surface area contributed by atoms with Crippen LogP contribution in [0.1, 0.15) is 53.1 Å². The summed E-state index contributed by atoms with van der Waals surface area (Å²) >= 11 is 4.00. The lowest BCUT2D eigenvalue weighted by Gasteiger charge is -2.21. The third kappa shape index (κ3) is 5.21. The molecule has 1 aromatic carbocycles. The van der Waals surface area contributed by atoms with E-state index in [1.54, 1.807) is 0 Å². The standard InChI is InChI=1S/C17H26N2OS2/c1-2-3-5-15(12-18)19-16(20)13-6-8-14(9-7-13)17-21-10-4-11-22-17/h6-9,15,17H,2-5,10-12,18H2,1H3,(H,19,20). The molecule has 0 aliphatic carbocycles. The zero-order valence-electron chi connectivity index (χ0n) is 13.2. The zero-order chi connectivity index (χ0) is 15.8. The number of rotatable bonds is 7. The average Bonchev–Trinajstić information content (AvgIpc) is 2.59. The lowest BCUT2D eigenvalue weighted by Crippen LogP contribution is -2.40. The molecule has 1 amide bonds. The van der Waals surface area contributed by atoms with Crippen molar-refractivity contribution < 1.29 is 4.79 Å². The molecule has 1 unspecified atom stereocenters. The first-order chi connectivity index (χ1) is 10.7. The highest BCUT2D eigenvalue weighted by Crippen LogP contribution is 2.43. The molecule has 1 heterocycles. The Morgan fingerprint density at radius 1 is 1.32 bits per heavy atom. The molecule has 1 fully saturated rings. The van der Waals surface area contributed by atoms with Crippen LogP contribution in [0.2, 0.25) is 0 Å². The van der Waals surface area contributed by atoms with Crippen molar-refractivity contribution in [2.75, 3.05) is 18.1 Å². The monoisotopic (exact) mass is 338 g/mol. The van der Waals surface area contributed by atoms with Crippen molar-refractivity contribution in [3.8, 4) is 0 Å². The second-order valence-corrected chi connectivity index (χ2v) is 8.32. The second-order valence-electron chi connectivity index (χ2n) is 5.60. The number of carbonyl (C=O) groups excluding carboxylic acids is 1. The molecule has 0 aromatic heterocycles. The molecule has 1 saturated heterocycles. The summed E-state index contributed by atoms with van der Waals surface area (Å²) in [6, 6.07) is 8.14. The number of benzene rings is 1. The van der Waals surface area contributed by atoms with Crippen LogP contribution in [0.4, 0.5) is 0 Å². The van der Waals surface area contributed by atoms with E-state index in [9.17, 15) is 4.79 Å². The van der Waals surface area contributed by atoms with Crippen LogP contribution in [-0.2, 0) is 0 Å². The van der Waals surface area contributed by atoms with Crippen molar-refractivity contribution >= 4 is 29.4 Å². The second kappa shape index (κ2) is 9.48. The first-order valence-corrected chi connectivity index (χ1v) is 10.2. The Balaban J connectivity index is 1.92. The largest absolute Gasteiger partial charge is 0.348 e. The van der Waals surface area contributed by atoms with Crippen molar-refractivity contribution in [1.29, 1.82) is 0 Å². The zero-order valence-corrected chi connectivity index (χ0v) is 14.8. The highest BCUT2D eigenvalue weighted by atomic mass is 32.2. The summed E-state index contributed by atoms with van der Waals surface area (Å²) in [6.07, 6.45) is 4.46. The third-order valence-electron chi connectivity index (χ3n) is 3.80. The van der Waals surface area contributed by atoms with Gasteiger partial charge in [-0.2, -0.15) is 0 Å². The van der Waals surface area contributed by atoms with E-state index in [-0.39, 0.29) is 11.9 Å². The van der Waals surface area contributed by atoms with Crippen LogP contribution < -0.4 is 11.1 Å². The van der Waals surface area contributed by atoms with Crippen LogP contribution in [0.5, 0.6) is 0 Å². The SMILES string of the molecule is CCCCC(CN)NC(=O)c1ccc(C2SCCCS2)cc1. The van der Waals surface area contributed by atoms with Crippen LogP contribution in [0, 0.1) is 0 Å². The maximum atomic E-state index is 12.3. The first-order valence-electron chi connectivity index (χ1n) is 8.08. The molecular formula is C17H26N2OS2. The highest BCUT2D eigenvalue weighted by Gasteiger charge is 2.17. The van der Waals surface area contributed by atoms with Crippen molar-refractivity contribution in [3.05, 3.63) is 35.4 Å². The van der Waals surface area contributed by atoms with Gasteiger partial charge in [0, 0.05) is 18.2 Å². The van der Waals surface area contributed by atoms with Gasteiger partial charge in [-0.3, -0.25) is 4.79 Å². The lowest BCUT2D eigenvalue weighted by molar-refractivity contribution is 0.0936. The van der Waals surface area contributed by atoms with Crippen LogP contribution >= 0.6 is 23.5 Å². The van der Waals surface area contributed by atoms with Crippen LogP contribution in [0.15, 0.2) is 24.3 Å². The Morgan fingerprint density at radius 3 is 2.59 bits per heavy atom. The third-order valence-corrected chi connectivity index (χ3v) is 6.81. The van der Waals surface area contributed by atoms with E-state index in [2.05, 4.69) is 24.4 Å². The van der Waals surface area contributed by atoms with Gasteiger partial charge >= 0.3 is 0 Å². The summed E-state index contributed by atoms with van der Waals surface area (Å²) in [5.74, 6) is 2.45. The number of nitrogens with two attached hydrogens (primary N) is 1. The van der Waals surface area contributed by atoms with Crippen LogP contribution in [0.3, 0.4) is 0 Å². The van der Waals surface area contributed by atoms with Gasteiger partial charge in [0.15, 0.2) is 0 Å². The minimum Gasteiger partial charge on any atom is -0.348 e. The van der Waals surface area contributed by atoms with E-state index in [4.69, 9.17) is 5.73 Å². The molecule has 3 nitrogen and oxygen atoms in total. The van der Waals surface area contributed by atoms with Crippen molar-refractivity contribution in [1.82, 2.24) is 5.32 Å². The molecule has 122 valence electrons. The van der Waals surface area contributed by atoms with Crippen molar-refractivity contribution in [2.24, 2.45) is 5.73 Å². The van der Waals surface area contributed by atoms with E-state index in [1.807, 2.05) is 35.7 Å². The Labute approximate surface area is 142 Å². The van der Waals surface area contributed by atoms with Gasteiger partial charge in [-0.15, -0.1) is 23.5 Å². The van der Waals surface area contributed by atoms with Gasteiger partial charge in [0.05, 0.1) is 4.58 Å². The summed E-state index contributed by atoms with van der Waals surface area (Å²) in [5.41, 5.74) is 7.78. The summed E-state index contributed by atoms with van der Waals surface area (Å²) in [5, 5.41) is 3.04. The maximum Gasteiger partial charge on any atom is 0.251 e. The average molecular weight is 339 g/mol. The minimum absolute atomic E-state index is 0.0120. The molecule has 1 aromatic rings. The summed E-state index contributed by atoms with van der Waals surface area (Å²) in [6.45, 7) is 2.65. The van der Waals surface area contributed by atoms with Gasteiger partial charge in [0.25, 0.3) is 5.91 Å². The molecular weight excluding hydrogens is 312 g/mol. The molecule has 0 saturated carbocycles. The van der Waals surface area contributed by atoms with E-state index in [0.29, 0.717) is 11.1 Å². The molecule has 1 aliphatic heterocycles. The summed E-state index contributed by atoms with van der Waals surface area (Å²) in [4.78, 5) is 12.3. The molecule has 22 heavy (non-hydrogen) atoms. The number of unbranched alkanes of at least 4 members (excludes halogenated alkanes) is 1. The molecule has 1 aliphatic rings. The predicted molar refractivity (Wildman–Crippen MR) is 98.5 cm³/mol. The fourth-order valence-corrected chi connectivity index (χ4v) is 5.33. The van der Waals surface area contributed by atoms with Crippen molar-refractivity contribution in [3.63, 3.8) is 0 Å². The van der Waals surface area contributed by atoms with Crippen LogP contribution in [0.25, 0.3) is 0 Å².